The van der Waals surface area contributed by atoms with Gasteiger partial charge in [0.05, 0.1) is 11.4 Å². The molecule has 0 amide bonds. The number of ether oxygens (including phenoxy) is 1. The molecule has 1 heterocycles. The summed E-state index contributed by atoms with van der Waals surface area (Å²) in [5, 5.41) is 0. The molecule has 1 unspecified atom stereocenters. The molecule has 9 heteroatoms. The number of allylic oxidation sites excluding steroid dienone is 1. The van der Waals surface area contributed by atoms with Crippen LogP contribution in [0.5, 0.6) is 11.5 Å². The SMILES string of the molecule is CCS(=O)(=O)Nc1ccc(Oc2ccc(F)cc2F)cc1C1C(=O)CC(C)=CN1C. The van der Waals surface area contributed by atoms with Crippen molar-refractivity contribution in [2.45, 2.75) is 26.3 Å². The van der Waals surface area contributed by atoms with E-state index >= 15 is 0 Å². The highest BCUT2D eigenvalue weighted by molar-refractivity contribution is 7.92. The molecule has 0 saturated heterocycles. The Kier molecular flexibility index (Phi) is 6.12. The number of carbonyl (C=O) groups is 1. The van der Waals surface area contributed by atoms with E-state index in [4.69, 9.17) is 4.74 Å². The summed E-state index contributed by atoms with van der Waals surface area (Å²) in [4.78, 5) is 14.5. The van der Waals surface area contributed by atoms with Crippen molar-refractivity contribution in [3.05, 3.63) is 65.4 Å². The molecule has 1 N–H and O–H groups in total. The molecule has 2 aromatic carbocycles. The van der Waals surface area contributed by atoms with Crippen LogP contribution in [0.4, 0.5) is 14.5 Å². The smallest absolute Gasteiger partial charge is 0.232 e. The van der Waals surface area contributed by atoms with Gasteiger partial charge in [-0.15, -0.1) is 0 Å². The lowest BCUT2D eigenvalue weighted by atomic mass is 9.93. The van der Waals surface area contributed by atoms with Gasteiger partial charge in [0, 0.05) is 25.1 Å². The van der Waals surface area contributed by atoms with Crippen molar-refractivity contribution < 1.29 is 26.7 Å². The molecule has 1 atom stereocenters. The molecule has 0 bridgehead atoms. The molecule has 0 saturated carbocycles. The summed E-state index contributed by atoms with van der Waals surface area (Å²) in [5.41, 5.74) is 1.50. The maximum Gasteiger partial charge on any atom is 0.232 e. The molecule has 0 aliphatic carbocycles. The summed E-state index contributed by atoms with van der Waals surface area (Å²) in [6.45, 7) is 3.34. The molecule has 30 heavy (non-hydrogen) atoms. The van der Waals surface area contributed by atoms with Crippen molar-refractivity contribution in [2.24, 2.45) is 0 Å². The van der Waals surface area contributed by atoms with Gasteiger partial charge in [-0.2, -0.15) is 0 Å². The average molecular weight is 436 g/mol. The number of rotatable bonds is 6. The van der Waals surface area contributed by atoms with Crippen LogP contribution < -0.4 is 9.46 Å². The van der Waals surface area contributed by atoms with Crippen molar-refractivity contribution in [2.75, 3.05) is 17.5 Å². The van der Waals surface area contributed by atoms with E-state index in [-0.39, 0.29) is 35.1 Å². The number of hydrogen-bond acceptors (Lipinski definition) is 5. The quantitative estimate of drug-likeness (QED) is 0.728. The summed E-state index contributed by atoms with van der Waals surface area (Å²) in [6.07, 6.45) is 2.05. The number of halogens is 2. The van der Waals surface area contributed by atoms with Gasteiger partial charge in [0.1, 0.15) is 17.6 Å². The molecule has 6 nitrogen and oxygen atoms in total. The van der Waals surface area contributed by atoms with Crippen molar-refractivity contribution in [1.82, 2.24) is 4.90 Å². The minimum absolute atomic E-state index is 0.112. The summed E-state index contributed by atoms with van der Waals surface area (Å²) >= 11 is 0. The number of ketones is 1. The van der Waals surface area contributed by atoms with E-state index in [9.17, 15) is 22.0 Å². The number of Topliss-reactive ketones (excluding diaryl/α,β-unsaturated/α-hetero) is 1. The lowest BCUT2D eigenvalue weighted by Gasteiger charge is -2.32. The van der Waals surface area contributed by atoms with E-state index in [0.29, 0.717) is 11.6 Å². The number of nitrogens with one attached hydrogen (secondary N) is 1. The molecule has 1 aliphatic heterocycles. The third-order valence-electron chi connectivity index (χ3n) is 4.67. The van der Waals surface area contributed by atoms with E-state index in [1.54, 1.807) is 11.9 Å². The Morgan fingerprint density at radius 3 is 2.57 bits per heavy atom. The van der Waals surface area contributed by atoms with Gasteiger partial charge >= 0.3 is 0 Å². The van der Waals surface area contributed by atoms with Crippen LogP contribution in [0.1, 0.15) is 31.9 Å². The summed E-state index contributed by atoms with van der Waals surface area (Å²) in [7, 11) is -1.88. The first kappa shape index (κ1) is 21.8. The van der Waals surface area contributed by atoms with Gasteiger partial charge in [-0.1, -0.05) is 0 Å². The molecule has 0 fully saturated rings. The molecule has 160 valence electrons. The molecule has 0 radical (unpaired) electrons. The van der Waals surface area contributed by atoms with E-state index in [1.165, 1.54) is 25.1 Å². The van der Waals surface area contributed by atoms with Gasteiger partial charge in [0.2, 0.25) is 10.0 Å². The standard InChI is InChI=1S/C21H22F2N2O4S/c1-4-30(27,28)24-18-7-6-15(29-20-8-5-14(22)10-17(20)23)11-16(18)21-19(26)9-13(2)12-25(21)3/h5-8,10-12,21,24H,4,9H2,1-3H3. The number of benzene rings is 2. The highest BCUT2D eigenvalue weighted by Crippen LogP contribution is 2.37. The minimum atomic E-state index is -3.60. The Morgan fingerprint density at radius 1 is 1.20 bits per heavy atom. The van der Waals surface area contributed by atoms with E-state index in [1.807, 2.05) is 13.1 Å². The molecule has 0 aromatic heterocycles. The van der Waals surface area contributed by atoms with Crippen LogP contribution in [0.25, 0.3) is 0 Å². The first-order valence-electron chi connectivity index (χ1n) is 9.29. The predicted octanol–water partition coefficient (Wildman–Crippen LogP) is 4.37. The first-order valence-corrected chi connectivity index (χ1v) is 10.9. The van der Waals surface area contributed by atoms with Crippen molar-refractivity contribution >= 4 is 21.5 Å². The fourth-order valence-electron chi connectivity index (χ4n) is 3.31. The topological polar surface area (TPSA) is 75.7 Å². The van der Waals surface area contributed by atoms with Crippen LogP contribution in [0.15, 0.2) is 48.2 Å². The zero-order valence-electron chi connectivity index (χ0n) is 16.8. The van der Waals surface area contributed by atoms with Crippen LogP contribution in [0, 0.1) is 11.6 Å². The normalized spacial score (nSPS) is 17.0. The molecular weight excluding hydrogens is 414 g/mol. The zero-order chi connectivity index (χ0) is 22.1. The summed E-state index contributed by atoms with van der Waals surface area (Å²) in [5.74, 6) is -1.87. The van der Waals surface area contributed by atoms with Gasteiger partial charge in [-0.25, -0.2) is 17.2 Å². The number of likely N-dealkylation sites (N-methyl/N-ethyl adjacent to an activating group) is 1. The van der Waals surface area contributed by atoms with Crippen LogP contribution in [-0.2, 0) is 14.8 Å². The second-order valence-corrected chi connectivity index (χ2v) is 9.13. The van der Waals surface area contributed by atoms with Gasteiger partial charge in [0.15, 0.2) is 17.3 Å². The Morgan fingerprint density at radius 2 is 1.93 bits per heavy atom. The van der Waals surface area contributed by atoms with Crippen LogP contribution >= 0.6 is 0 Å². The maximum atomic E-state index is 14.0. The summed E-state index contributed by atoms with van der Waals surface area (Å²) < 4.78 is 59.4. The molecular formula is C21H22F2N2O4S. The monoisotopic (exact) mass is 436 g/mol. The highest BCUT2D eigenvalue weighted by atomic mass is 32.2. The number of nitrogens with zero attached hydrogens (tertiary/aromatic N) is 1. The zero-order valence-corrected chi connectivity index (χ0v) is 17.6. The predicted molar refractivity (Wildman–Crippen MR) is 110 cm³/mol. The molecule has 0 spiro atoms. The van der Waals surface area contributed by atoms with E-state index in [0.717, 1.165) is 17.7 Å². The third kappa shape index (κ3) is 4.79. The van der Waals surface area contributed by atoms with Gasteiger partial charge < -0.3 is 9.64 Å². The van der Waals surface area contributed by atoms with Crippen LogP contribution in [0.3, 0.4) is 0 Å². The second-order valence-electron chi connectivity index (χ2n) is 7.12. The van der Waals surface area contributed by atoms with Gasteiger partial charge in [0.25, 0.3) is 0 Å². The maximum absolute atomic E-state index is 14.0. The fourth-order valence-corrected chi connectivity index (χ4v) is 3.97. The van der Waals surface area contributed by atoms with E-state index in [2.05, 4.69) is 4.72 Å². The Hall–Kier alpha value is -2.94. The van der Waals surface area contributed by atoms with Gasteiger partial charge in [-0.3, -0.25) is 9.52 Å². The third-order valence-corrected chi connectivity index (χ3v) is 5.97. The number of carbonyl (C=O) groups excluding carboxylic acids is 1. The fraction of sp³-hybridized carbons (Fsp3) is 0.286. The molecule has 2 aromatic rings. The van der Waals surface area contributed by atoms with Crippen molar-refractivity contribution in [1.29, 1.82) is 0 Å². The Labute approximate surface area is 174 Å². The minimum Gasteiger partial charge on any atom is -0.454 e. The lowest BCUT2D eigenvalue weighted by molar-refractivity contribution is -0.123. The largest absolute Gasteiger partial charge is 0.454 e. The van der Waals surface area contributed by atoms with Crippen LogP contribution in [-0.4, -0.2) is 31.9 Å². The van der Waals surface area contributed by atoms with Crippen LogP contribution in [0.2, 0.25) is 0 Å². The Bertz CT molecular complexity index is 1120. The summed E-state index contributed by atoms with van der Waals surface area (Å²) in [6, 6.07) is 6.58. The molecule has 1 aliphatic rings. The lowest BCUT2D eigenvalue weighted by Crippen LogP contribution is -2.32. The number of sulfonamides is 1. The van der Waals surface area contributed by atoms with E-state index < -0.39 is 27.7 Å². The second kappa shape index (κ2) is 8.43. The average Bonchev–Trinajstić information content (AvgIpc) is 2.65. The van der Waals surface area contributed by atoms with Crippen molar-refractivity contribution in [3.8, 4) is 11.5 Å². The highest BCUT2D eigenvalue weighted by Gasteiger charge is 2.30. The van der Waals surface area contributed by atoms with Crippen molar-refractivity contribution in [3.63, 3.8) is 0 Å². The Balaban J connectivity index is 2.06. The number of hydrogen-bond donors (Lipinski definition) is 1. The first-order chi connectivity index (χ1) is 14.1. The van der Waals surface area contributed by atoms with Gasteiger partial charge in [-0.05, 0) is 56.0 Å². The molecule has 3 rings (SSSR count). The number of anilines is 1.